The van der Waals surface area contributed by atoms with Crippen LogP contribution in [0.2, 0.25) is 0 Å². The number of nitro groups is 1. The molecule has 19 heavy (non-hydrogen) atoms. The van der Waals surface area contributed by atoms with Gasteiger partial charge in [0.05, 0.1) is 4.92 Å². The van der Waals surface area contributed by atoms with Gasteiger partial charge in [0.15, 0.2) is 4.34 Å². The van der Waals surface area contributed by atoms with Gasteiger partial charge in [-0.1, -0.05) is 11.8 Å². The molecule has 2 aromatic rings. The van der Waals surface area contributed by atoms with Gasteiger partial charge in [0.1, 0.15) is 10.7 Å². The highest BCUT2D eigenvalue weighted by atomic mass is 32.2. The largest absolute Gasteiger partial charge is 0.382 e. The number of nitrogens with two attached hydrogens (primary N) is 1. The number of non-ortho nitro benzene ring substituents is 1. The van der Waals surface area contributed by atoms with Gasteiger partial charge in [0, 0.05) is 17.7 Å². The van der Waals surface area contributed by atoms with Crippen molar-refractivity contribution in [2.24, 2.45) is 0 Å². The van der Waals surface area contributed by atoms with Gasteiger partial charge in [-0.2, -0.15) is 0 Å². The van der Waals surface area contributed by atoms with E-state index in [0.717, 1.165) is 0 Å². The number of ketones is 1. The van der Waals surface area contributed by atoms with Gasteiger partial charge in [-0.3, -0.25) is 14.9 Å². The van der Waals surface area contributed by atoms with Crippen molar-refractivity contribution < 1.29 is 9.72 Å². The summed E-state index contributed by atoms with van der Waals surface area (Å²) in [6.45, 7) is 0. The minimum atomic E-state index is -0.513. The van der Waals surface area contributed by atoms with E-state index in [1.54, 1.807) is 0 Å². The van der Waals surface area contributed by atoms with E-state index in [2.05, 4.69) is 4.98 Å². The number of benzene rings is 1. The zero-order valence-electron chi connectivity index (χ0n) is 9.82. The lowest BCUT2D eigenvalue weighted by atomic mass is 10.1. The smallest absolute Gasteiger partial charge is 0.269 e. The molecule has 0 saturated heterocycles. The topological polar surface area (TPSA) is 99.1 Å². The summed E-state index contributed by atoms with van der Waals surface area (Å²) in [4.78, 5) is 26.6. The molecule has 1 aromatic carbocycles. The van der Waals surface area contributed by atoms with Crippen molar-refractivity contribution in [1.82, 2.24) is 4.98 Å². The highest BCUT2D eigenvalue weighted by molar-refractivity contribution is 8.00. The molecule has 0 bridgehead atoms. The Morgan fingerprint density at radius 2 is 2.05 bits per heavy atom. The standard InChI is InChI=1S/C11H9N3O3S2/c1-18-11-13-10(12)9(19-11)8(15)6-2-4-7(5-3-6)14(16)17/h2-5H,12H2,1H3. The molecule has 0 atom stereocenters. The van der Waals surface area contributed by atoms with Gasteiger partial charge >= 0.3 is 0 Å². The van der Waals surface area contributed by atoms with Gasteiger partial charge in [-0.15, -0.1) is 11.3 Å². The zero-order chi connectivity index (χ0) is 14.0. The van der Waals surface area contributed by atoms with E-state index < -0.39 is 4.92 Å². The van der Waals surface area contributed by atoms with Crippen LogP contribution in [0, 0.1) is 10.1 Å². The van der Waals surface area contributed by atoms with E-state index in [4.69, 9.17) is 5.73 Å². The normalized spacial score (nSPS) is 10.4. The minimum absolute atomic E-state index is 0.0568. The number of rotatable bonds is 4. The molecule has 98 valence electrons. The summed E-state index contributed by atoms with van der Waals surface area (Å²) in [6.07, 6.45) is 1.85. The van der Waals surface area contributed by atoms with Gasteiger partial charge < -0.3 is 5.73 Å². The number of anilines is 1. The molecule has 0 saturated carbocycles. The summed E-state index contributed by atoms with van der Waals surface area (Å²) >= 11 is 2.63. The maximum Gasteiger partial charge on any atom is 0.269 e. The van der Waals surface area contributed by atoms with Crippen LogP contribution in [0.5, 0.6) is 0 Å². The number of nitrogen functional groups attached to an aromatic ring is 1. The number of hydrogen-bond donors (Lipinski definition) is 1. The van der Waals surface area contributed by atoms with Crippen molar-refractivity contribution in [2.75, 3.05) is 12.0 Å². The molecular weight excluding hydrogens is 286 g/mol. The first-order valence-corrected chi connectivity index (χ1v) is 7.16. The first-order chi connectivity index (χ1) is 9.02. The SMILES string of the molecule is CSc1nc(N)c(C(=O)c2ccc([N+](=O)[O-])cc2)s1. The van der Waals surface area contributed by atoms with Gasteiger partial charge in [0.2, 0.25) is 5.78 Å². The number of nitro benzene ring substituents is 1. The number of carbonyl (C=O) groups excluding carboxylic acids is 1. The fraction of sp³-hybridized carbons (Fsp3) is 0.0909. The molecule has 1 aromatic heterocycles. The third-order valence-corrected chi connectivity index (χ3v) is 4.41. The molecule has 0 fully saturated rings. The quantitative estimate of drug-likeness (QED) is 0.403. The van der Waals surface area contributed by atoms with E-state index in [1.807, 2.05) is 6.26 Å². The molecule has 0 aliphatic rings. The highest BCUT2D eigenvalue weighted by Crippen LogP contribution is 2.29. The Hall–Kier alpha value is -1.93. The third-order valence-electron chi connectivity index (χ3n) is 2.35. The molecule has 0 aliphatic carbocycles. The van der Waals surface area contributed by atoms with Crippen LogP contribution in [0.1, 0.15) is 15.2 Å². The average Bonchev–Trinajstić information content (AvgIpc) is 2.79. The second-order valence-electron chi connectivity index (χ2n) is 3.53. The van der Waals surface area contributed by atoms with Crippen molar-refractivity contribution in [3.63, 3.8) is 0 Å². The Labute approximate surface area is 116 Å². The lowest BCUT2D eigenvalue weighted by Gasteiger charge is -1.98. The number of hydrogen-bond acceptors (Lipinski definition) is 7. The van der Waals surface area contributed by atoms with E-state index in [1.165, 1.54) is 47.4 Å². The predicted molar refractivity (Wildman–Crippen MR) is 74.8 cm³/mol. The van der Waals surface area contributed by atoms with Crippen LogP contribution in [-0.2, 0) is 0 Å². The van der Waals surface area contributed by atoms with Crippen molar-refractivity contribution in [3.8, 4) is 0 Å². The van der Waals surface area contributed by atoms with Gasteiger partial charge in [-0.05, 0) is 18.4 Å². The van der Waals surface area contributed by atoms with Crippen LogP contribution in [0.15, 0.2) is 28.6 Å². The van der Waals surface area contributed by atoms with Crippen LogP contribution in [0.4, 0.5) is 11.5 Å². The summed E-state index contributed by atoms with van der Waals surface area (Å²) in [5.41, 5.74) is 5.99. The first-order valence-electron chi connectivity index (χ1n) is 5.12. The Kier molecular flexibility index (Phi) is 3.82. The Morgan fingerprint density at radius 3 is 2.53 bits per heavy atom. The second-order valence-corrected chi connectivity index (χ2v) is 5.58. The summed E-state index contributed by atoms with van der Waals surface area (Å²) in [5.74, 6) is -0.0806. The number of thiazole rings is 1. The lowest BCUT2D eigenvalue weighted by Crippen LogP contribution is -2.02. The molecule has 0 aliphatic heterocycles. The summed E-state index contributed by atoms with van der Waals surface area (Å²) in [5, 5.41) is 10.5. The Morgan fingerprint density at radius 1 is 1.42 bits per heavy atom. The van der Waals surface area contributed by atoms with Gasteiger partial charge in [-0.25, -0.2) is 4.98 Å². The van der Waals surface area contributed by atoms with Crippen molar-refractivity contribution >= 4 is 40.4 Å². The number of aromatic nitrogens is 1. The predicted octanol–water partition coefficient (Wildman–Crippen LogP) is 2.59. The van der Waals surface area contributed by atoms with Crippen LogP contribution < -0.4 is 5.73 Å². The Bertz CT molecular complexity index is 637. The van der Waals surface area contributed by atoms with Crippen LogP contribution in [0.3, 0.4) is 0 Å². The second kappa shape index (κ2) is 5.37. The average molecular weight is 295 g/mol. The van der Waals surface area contributed by atoms with Crippen LogP contribution in [0.25, 0.3) is 0 Å². The molecular formula is C11H9N3O3S2. The molecule has 2 rings (SSSR count). The summed E-state index contributed by atoms with van der Waals surface area (Å²) < 4.78 is 0.711. The molecule has 0 radical (unpaired) electrons. The zero-order valence-corrected chi connectivity index (χ0v) is 11.5. The van der Waals surface area contributed by atoms with E-state index in [0.29, 0.717) is 14.8 Å². The van der Waals surface area contributed by atoms with E-state index in [-0.39, 0.29) is 17.3 Å². The first kappa shape index (κ1) is 13.5. The molecule has 8 heteroatoms. The minimum Gasteiger partial charge on any atom is -0.382 e. The van der Waals surface area contributed by atoms with Crippen LogP contribution in [-0.4, -0.2) is 21.9 Å². The number of nitrogens with zero attached hydrogens (tertiary/aromatic N) is 2. The molecule has 0 unspecified atom stereocenters. The van der Waals surface area contributed by atoms with Crippen LogP contribution >= 0.6 is 23.1 Å². The number of carbonyl (C=O) groups is 1. The van der Waals surface area contributed by atoms with Crippen molar-refractivity contribution in [2.45, 2.75) is 4.34 Å². The summed E-state index contributed by atoms with van der Waals surface area (Å²) in [6, 6.07) is 5.41. The monoisotopic (exact) mass is 295 g/mol. The molecule has 0 amide bonds. The fourth-order valence-electron chi connectivity index (χ4n) is 1.43. The van der Waals surface area contributed by atoms with Gasteiger partial charge in [0.25, 0.3) is 5.69 Å². The molecule has 0 spiro atoms. The van der Waals surface area contributed by atoms with E-state index >= 15 is 0 Å². The maximum absolute atomic E-state index is 12.2. The maximum atomic E-state index is 12.2. The lowest BCUT2D eigenvalue weighted by molar-refractivity contribution is -0.384. The van der Waals surface area contributed by atoms with Crippen molar-refractivity contribution in [1.29, 1.82) is 0 Å². The third kappa shape index (κ3) is 2.74. The molecule has 1 heterocycles. The number of thioether (sulfide) groups is 1. The Balaban J connectivity index is 2.33. The summed E-state index contributed by atoms with van der Waals surface area (Å²) in [7, 11) is 0. The molecule has 6 nitrogen and oxygen atoms in total. The van der Waals surface area contributed by atoms with E-state index in [9.17, 15) is 14.9 Å². The molecule has 2 N–H and O–H groups in total. The highest BCUT2D eigenvalue weighted by Gasteiger charge is 2.18. The van der Waals surface area contributed by atoms with Crippen molar-refractivity contribution in [3.05, 3.63) is 44.8 Å². The fourth-order valence-corrected chi connectivity index (χ4v) is 2.88.